The van der Waals surface area contributed by atoms with E-state index in [1.54, 1.807) is 0 Å². The van der Waals surface area contributed by atoms with Crippen molar-refractivity contribution in [2.45, 2.75) is 88.5 Å². The molecule has 1 unspecified atom stereocenters. The number of hydrogen-bond acceptors (Lipinski definition) is 0. The predicted octanol–water partition coefficient (Wildman–Crippen LogP) is 10.6. The molecule has 40 heavy (non-hydrogen) atoms. The molecule has 0 saturated carbocycles. The molecule has 2 aliphatic carbocycles. The second kappa shape index (κ2) is 15.2. The van der Waals surface area contributed by atoms with E-state index in [1.165, 1.54) is 27.9 Å². The first kappa shape index (κ1) is 32.6. The number of allylic oxidation sites excluding steroid dienone is 18. The van der Waals surface area contributed by atoms with E-state index in [9.17, 15) is 0 Å². The molecule has 0 bridgehead atoms. The van der Waals surface area contributed by atoms with Crippen LogP contribution in [0.5, 0.6) is 0 Å². The molecule has 0 aromatic heterocycles. The summed E-state index contributed by atoms with van der Waals surface area (Å²) in [6.45, 7) is 21.9. The summed E-state index contributed by atoms with van der Waals surface area (Å²) in [6, 6.07) is 0. The van der Waals surface area contributed by atoms with Gasteiger partial charge >= 0.3 is 0 Å². The summed E-state index contributed by atoms with van der Waals surface area (Å²) in [6.07, 6.45) is 26.4. The zero-order valence-corrected chi connectivity index (χ0v) is 26.5. The van der Waals surface area contributed by atoms with Crippen molar-refractivity contribution < 1.29 is 0 Å². The molecule has 0 aromatic carbocycles. The van der Waals surface area contributed by atoms with E-state index in [-0.39, 0.29) is 16.7 Å². The largest absolute Gasteiger partial charge is 0.0989 e. The van der Waals surface area contributed by atoms with Gasteiger partial charge < -0.3 is 0 Å². The lowest BCUT2D eigenvalue weighted by Crippen LogP contribution is -2.16. The smallest absolute Gasteiger partial charge is 0.0299 e. The van der Waals surface area contributed by atoms with Gasteiger partial charge in [0.25, 0.3) is 0 Å². The molecule has 208 valence electrons. The van der Waals surface area contributed by atoms with Crippen LogP contribution in [0.4, 0.5) is 0 Å². The molecule has 0 saturated heterocycles. The van der Waals surface area contributed by atoms with Crippen LogP contribution >= 0.6 is 0 Å². The van der Waals surface area contributed by atoms with Gasteiger partial charge in [0.05, 0.1) is 0 Å². The van der Waals surface area contributed by atoms with Gasteiger partial charge in [-0.3, -0.25) is 0 Å². The van der Waals surface area contributed by atoms with Crippen molar-refractivity contribution in [3.05, 3.63) is 106 Å². The van der Waals surface area contributed by atoms with Gasteiger partial charge in [-0.1, -0.05) is 130 Å². The Morgan fingerprint density at radius 2 is 1.77 bits per heavy atom. The van der Waals surface area contributed by atoms with Crippen molar-refractivity contribution >= 4 is 0 Å². The minimum absolute atomic E-state index is 0.0707. The third-order valence-electron chi connectivity index (χ3n) is 7.26. The number of rotatable bonds is 5. The Morgan fingerprint density at radius 3 is 2.48 bits per heavy atom. The van der Waals surface area contributed by atoms with Gasteiger partial charge in [0, 0.05) is 29.7 Å². The lowest BCUT2D eigenvalue weighted by atomic mass is 9.75. The van der Waals surface area contributed by atoms with Gasteiger partial charge in [-0.25, -0.2) is 0 Å². The van der Waals surface area contributed by atoms with Crippen LogP contribution in [0.25, 0.3) is 0 Å². The highest BCUT2D eigenvalue weighted by Crippen LogP contribution is 2.38. The summed E-state index contributed by atoms with van der Waals surface area (Å²) < 4.78 is 0. The maximum Gasteiger partial charge on any atom is 0.0299 e. The van der Waals surface area contributed by atoms with E-state index in [2.05, 4.69) is 153 Å². The monoisotopic (exact) mass is 528 g/mol. The predicted molar refractivity (Wildman–Crippen MR) is 177 cm³/mol. The van der Waals surface area contributed by atoms with Crippen molar-refractivity contribution in [3.8, 4) is 35.5 Å². The standard InChI is InChI=1S/C40H48/c1-31(19-13-21-33(3)25-27-37-35(5)23-15-29-39(37,7)8)17-11-12-18-32(2)20-14-22-34(4)26-28-38-36(6)24-16-30-40(38,9)10/h15-17,21,23-28,30,32H,18,22,29H2,1-10H3/b27-25+,31-17+,33-21+,34-26+,38-28+. The molecule has 0 N–H and O–H groups in total. The summed E-state index contributed by atoms with van der Waals surface area (Å²) >= 11 is 0. The highest BCUT2D eigenvalue weighted by atomic mass is 14.3. The van der Waals surface area contributed by atoms with Crippen molar-refractivity contribution in [1.29, 1.82) is 0 Å². The van der Waals surface area contributed by atoms with Crippen LogP contribution < -0.4 is 0 Å². The maximum atomic E-state index is 3.35. The van der Waals surface area contributed by atoms with Crippen LogP contribution in [0.15, 0.2) is 106 Å². The van der Waals surface area contributed by atoms with Gasteiger partial charge in [0.2, 0.25) is 0 Å². The summed E-state index contributed by atoms with van der Waals surface area (Å²) in [7, 11) is 0. The van der Waals surface area contributed by atoms with Crippen LogP contribution in [-0.2, 0) is 0 Å². The second-order valence-electron chi connectivity index (χ2n) is 12.4. The fraction of sp³-hybridized carbons (Fsp3) is 0.400. The molecule has 0 radical (unpaired) electrons. The van der Waals surface area contributed by atoms with Gasteiger partial charge in [0.1, 0.15) is 0 Å². The average Bonchev–Trinajstić information content (AvgIpc) is 2.85. The van der Waals surface area contributed by atoms with Gasteiger partial charge in [-0.2, -0.15) is 0 Å². The summed E-state index contributed by atoms with van der Waals surface area (Å²) in [5.41, 5.74) is 9.07. The highest BCUT2D eigenvalue weighted by Gasteiger charge is 2.24. The van der Waals surface area contributed by atoms with E-state index < -0.39 is 0 Å². The zero-order chi connectivity index (χ0) is 29.8. The Labute approximate surface area is 246 Å². The average molecular weight is 529 g/mol. The van der Waals surface area contributed by atoms with Crippen LogP contribution in [-0.4, -0.2) is 0 Å². The Hall–Kier alpha value is -3.66. The SMILES string of the molecule is CC1=CC=CC(C)(C)/C1=C/C=C(\C)CC#CC(C)CC#C/C=C(\C)C#C/C=C(C)/C=C/C1=C(C)C=CCC1(C)C. The Morgan fingerprint density at radius 1 is 1.02 bits per heavy atom. The summed E-state index contributed by atoms with van der Waals surface area (Å²) in [5, 5.41) is 0. The molecular weight excluding hydrogens is 480 g/mol. The number of hydrogen-bond donors (Lipinski definition) is 0. The van der Waals surface area contributed by atoms with Crippen LogP contribution in [0.3, 0.4) is 0 Å². The first-order valence-electron chi connectivity index (χ1n) is 14.4. The molecule has 0 heteroatoms. The third-order valence-corrected chi connectivity index (χ3v) is 7.26. The Kier molecular flexibility index (Phi) is 12.4. The highest BCUT2D eigenvalue weighted by molar-refractivity contribution is 5.46. The molecule has 0 amide bonds. The Bertz CT molecular complexity index is 1410. The van der Waals surface area contributed by atoms with E-state index in [4.69, 9.17) is 0 Å². The molecule has 0 aliphatic heterocycles. The molecule has 0 spiro atoms. The summed E-state index contributed by atoms with van der Waals surface area (Å²) in [5.74, 6) is 19.6. The first-order valence-corrected chi connectivity index (χ1v) is 14.4. The Balaban J connectivity index is 1.87. The van der Waals surface area contributed by atoms with Crippen LogP contribution in [0.2, 0.25) is 0 Å². The van der Waals surface area contributed by atoms with Crippen LogP contribution in [0, 0.1) is 52.3 Å². The minimum atomic E-state index is 0.0707. The molecule has 2 rings (SSSR count). The van der Waals surface area contributed by atoms with Crippen molar-refractivity contribution in [3.63, 3.8) is 0 Å². The van der Waals surface area contributed by atoms with Gasteiger partial charge in [-0.05, 0) is 86.5 Å². The molecule has 2 aliphatic rings. The van der Waals surface area contributed by atoms with Crippen molar-refractivity contribution in [1.82, 2.24) is 0 Å². The molecule has 0 aromatic rings. The minimum Gasteiger partial charge on any atom is -0.0989 e. The van der Waals surface area contributed by atoms with Crippen LogP contribution in [0.1, 0.15) is 88.5 Å². The topological polar surface area (TPSA) is 0 Å². The van der Waals surface area contributed by atoms with E-state index in [0.29, 0.717) is 0 Å². The molecule has 0 heterocycles. The normalized spacial score (nSPS) is 20.3. The van der Waals surface area contributed by atoms with Crippen molar-refractivity contribution in [2.24, 2.45) is 16.7 Å². The summed E-state index contributed by atoms with van der Waals surface area (Å²) in [4.78, 5) is 0. The fourth-order valence-corrected chi connectivity index (χ4v) is 4.72. The lowest BCUT2D eigenvalue weighted by Gasteiger charge is -2.29. The molecule has 0 fully saturated rings. The van der Waals surface area contributed by atoms with Gasteiger partial charge in [0.15, 0.2) is 0 Å². The van der Waals surface area contributed by atoms with E-state index in [1.807, 2.05) is 19.1 Å². The van der Waals surface area contributed by atoms with Crippen molar-refractivity contribution in [2.75, 3.05) is 0 Å². The maximum absolute atomic E-state index is 3.35. The second-order valence-corrected chi connectivity index (χ2v) is 12.4. The third kappa shape index (κ3) is 10.8. The lowest BCUT2D eigenvalue weighted by molar-refractivity contribution is 0.456. The quantitative estimate of drug-likeness (QED) is 0.246. The zero-order valence-electron chi connectivity index (χ0n) is 26.5. The van der Waals surface area contributed by atoms with E-state index in [0.717, 1.165) is 30.4 Å². The first-order chi connectivity index (χ1) is 18.8. The molecule has 1 atom stereocenters. The van der Waals surface area contributed by atoms with Gasteiger partial charge in [-0.15, -0.1) is 0 Å². The van der Waals surface area contributed by atoms with E-state index >= 15 is 0 Å². The molecular formula is C40H48. The molecule has 0 nitrogen and oxygen atoms in total. The fourth-order valence-electron chi connectivity index (χ4n) is 4.72.